The summed E-state index contributed by atoms with van der Waals surface area (Å²) < 4.78 is 5.86. The minimum atomic E-state index is -0.564. The van der Waals surface area contributed by atoms with Crippen LogP contribution in [0.2, 0.25) is 0 Å². The Kier molecular flexibility index (Phi) is 5.67. The molecule has 5 heteroatoms. The van der Waals surface area contributed by atoms with E-state index < -0.39 is 6.10 Å². The number of rotatable bonds is 7. The first kappa shape index (κ1) is 17.0. The van der Waals surface area contributed by atoms with Crippen molar-refractivity contribution in [3.8, 4) is 5.75 Å². The third-order valence-electron chi connectivity index (χ3n) is 3.96. The third-order valence-corrected chi connectivity index (χ3v) is 3.96. The van der Waals surface area contributed by atoms with Gasteiger partial charge in [-0.1, -0.05) is 47.6 Å². The molecular weight excluding hydrogens is 316 g/mol. The van der Waals surface area contributed by atoms with Gasteiger partial charge in [0.05, 0.1) is 18.0 Å². The highest BCUT2D eigenvalue weighted by atomic mass is 16.6. The van der Waals surface area contributed by atoms with Crippen molar-refractivity contribution in [1.29, 1.82) is 0 Å². The number of para-hydroxylation sites is 2. The molecule has 5 nitrogen and oxygen atoms in total. The van der Waals surface area contributed by atoms with Crippen LogP contribution in [0.3, 0.4) is 0 Å². The van der Waals surface area contributed by atoms with E-state index >= 15 is 0 Å². The first-order valence-corrected chi connectivity index (χ1v) is 8.48. The minimum absolute atomic E-state index is 0.207. The molecule has 0 unspecified atom stereocenters. The fourth-order valence-corrected chi connectivity index (χ4v) is 2.65. The fraction of sp³-hybridized carbons (Fsp3) is 0.300. The van der Waals surface area contributed by atoms with Crippen LogP contribution in [0, 0.1) is 0 Å². The number of benzene rings is 2. The largest absolute Gasteiger partial charge is 0.491 e. The summed E-state index contributed by atoms with van der Waals surface area (Å²) in [6, 6.07) is 17.8. The van der Waals surface area contributed by atoms with Crippen molar-refractivity contribution in [1.82, 2.24) is 0 Å². The van der Waals surface area contributed by atoms with Crippen molar-refractivity contribution in [2.24, 2.45) is 5.16 Å². The van der Waals surface area contributed by atoms with Crippen LogP contribution >= 0.6 is 0 Å². The normalized spacial score (nSPS) is 16.0. The lowest BCUT2D eigenvalue weighted by atomic mass is 10.1. The van der Waals surface area contributed by atoms with Gasteiger partial charge in [0.1, 0.15) is 5.75 Å². The lowest BCUT2D eigenvalue weighted by Gasteiger charge is -2.14. The van der Waals surface area contributed by atoms with E-state index in [4.69, 9.17) is 9.57 Å². The van der Waals surface area contributed by atoms with Crippen molar-refractivity contribution in [2.45, 2.75) is 32.3 Å². The maximum atomic E-state index is 12.3. The van der Waals surface area contributed by atoms with E-state index in [1.54, 1.807) is 0 Å². The topological polar surface area (TPSA) is 59.9 Å². The summed E-state index contributed by atoms with van der Waals surface area (Å²) in [4.78, 5) is 17.4. The van der Waals surface area contributed by atoms with Crippen molar-refractivity contribution < 1.29 is 14.4 Å². The molecular formula is C20H22N2O3. The van der Waals surface area contributed by atoms with Crippen LogP contribution in [-0.2, 0) is 16.1 Å². The lowest BCUT2D eigenvalue weighted by Crippen LogP contribution is -2.27. The van der Waals surface area contributed by atoms with E-state index in [1.807, 2.05) is 49.4 Å². The molecule has 1 amide bonds. The highest BCUT2D eigenvalue weighted by molar-refractivity contribution is 5.99. The molecule has 0 fully saturated rings. The zero-order valence-electron chi connectivity index (χ0n) is 14.3. The zero-order valence-corrected chi connectivity index (χ0v) is 14.3. The van der Waals surface area contributed by atoms with Crippen LogP contribution in [-0.4, -0.2) is 24.3 Å². The van der Waals surface area contributed by atoms with Crippen molar-refractivity contribution in [3.63, 3.8) is 0 Å². The molecule has 0 radical (unpaired) electrons. The Morgan fingerprint density at radius 1 is 1.20 bits per heavy atom. The van der Waals surface area contributed by atoms with E-state index in [0.717, 1.165) is 18.6 Å². The predicted molar refractivity (Wildman–Crippen MR) is 97.9 cm³/mol. The molecule has 1 N–H and O–H groups in total. The summed E-state index contributed by atoms with van der Waals surface area (Å²) in [5.41, 5.74) is 2.77. The maximum absolute atomic E-state index is 12.3. The number of oxime groups is 1. The molecule has 1 aliphatic rings. The van der Waals surface area contributed by atoms with Gasteiger partial charge in [0.25, 0.3) is 5.91 Å². The molecule has 3 rings (SSSR count). The van der Waals surface area contributed by atoms with Gasteiger partial charge in [0, 0.05) is 6.42 Å². The van der Waals surface area contributed by atoms with Crippen LogP contribution in [0.5, 0.6) is 5.75 Å². The van der Waals surface area contributed by atoms with Gasteiger partial charge >= 0.3 is 0 Å². The highest BCUT2D eigenvalue weighted by Crippen LogP contribution is 2.25. The Balaban J connectivity index is 1.51. The first-order chi connectivity index (χ1) is 12.2. The molecule has 25 heavy (non-hydrogen) atoms. The summed E-state index contributed by atoms with van der Waals surface area (Å²) in [6.07, 6.45) is 1.82. The van der Waals surface area contributed by atoms with Gasteiger partial charge in [-0.3, -0.25) is 4.79 Å². The lowest BCUT2D eigenvalue weighted by molar-refractivity contribution is -0.125. The Bertz CT molecular complexity index is 744. The van der Waals surface area contributed by atoms with Crippen molar-refractivity contribution in [2.75, 3.05) is 11.9 Å². The van der Waals surface area contributed by atoms with E-state index in [2.05, 4.69) is 22.6 Å². The smallest absolute Gasteiger partial charge is 0.268 e. The Morgan fingerprint density at radius 3 is 2.72 bits per heavy atom. The quantitative estimate of drug-likeness (QED) is 0.781. The third kappa shape index (κ3) is 4.83. The molecule has 0 bridgehead atoms. The predicted octanol–water partition coefficient (Wildman–Crippen LogP) is 3.80. The molecule has 0 saturated carbocycles. The summed E-state index contributed by atoms with van der Waals surface area (Å²) in [7, 11) is 0. The molecule has 2 aromatic carbocycles. The van der Waals surface area contributed by atoms with E-state index in [1.165, 1.54) is 5.56 Å². The number of nitrogens with one attached hydrogen (secondary N) is 1. The monoisotopic (exact) mass is 338 g/mol. The summed E-state index contributed by atoms with van der Waals surface area (Å²) in [5, 5.41) is 6.69. The second kappa shape index (κ2) is 8.33. The van der Waals surface area contributed by atoms with Gasteiger partial charge in [-0.05, 0) is 37.5 Å². The number of amides is 1. The molecule has 1 aliphatic heterocycles. The number of nitrogens with zero attached hydrogens (tertiary/aromatic N) is 1. The zero-order chi connectivity index (χ0) is 17.5. The van der Waals surface area contributed by atoms with Crippen LogP contribution in [0.15, 0.2) is 59.8 Å². The van der Waals surface area contributed by atoms with Crippen LogP contribution in [0.1, 0.15) is 25.3 Å². The number of hydrogen-bond donors (Lipinski definition) is 1. The van der Waals surface area contributed by atoms with Gasteiger partial charge in [0.2, 0.25) is 6.10 Å². The number of anilines is 1. The summed E-state index contributed by atoms with van der Waals surface area (Å²) >= 11 is 0. The number of hydrogen-bond acceptors (Lipinski definition) is 4. The molecule has 0 aromatic heterocycles. The van der Waals surface area contributed by atoms with Gasteiger partial charge in [0.15, 0.2) is 0 Å². The number of aryl methyl sites for hydroxylation is 1. The molecule has 0 spiro atoms. The van der Waals surface area contributed by atoms with Gasteiger partial charge in [-0.15, -0.1) is 0 Å². The van der Waals surface area contributed by atoms with Gasteiger partial charge < -0.3 is 14.9 Å². The molecule has 1 atom stereocenters. The molecule has 0 saturated heterocycles. The SMILES string of the molecule is CC1=NO[C@@H](C(=O)Nc2ccccc2OCCCc2ccccc2)C1. The average Bonchev–Trinajstić information content (AvgIpc) is 3.07. The van der Waals surface area contributed by atoms with Crippen molar-refractivity contribution >= 4 is 17.3 Å². The van der Waals surface area contributed by atoms with E-state index in [0.29, 0.717) is 24.5 Å². The maximum Gasteiger partial charge on any atom is 0.268 e. The first-order valence-electron chi connectivity index (χ1n) is 8.48. The van der Waals surface area contributed by atoms with Crippen molar-refractivity contribution in [3.05, 3.63) is 60.2 Å². The summed E-state index contributed by atoms with van der Waals surface area (Å²) in [6.45, 7) is 2.43. The van der Waals surface area contributed by atoms with Crippen LogP contribution < -0.4 is 10.1 Å². The van der Waals surface area contributed by atoms with Crippen LogP contribution in [0.4, 0.5) is 5.69 Å². The van der Waals surface area contributed by atoms with E-state index in [-0.39, 0.29) is 5.91 Å². The Hall–Kier alpha value is -2.82. The fourth-order valence-electron chi connectivity index (χ4n) is 2.65. The second-order valence-electron chi connectivity index (χ2n) is 6.05. The highest BCUT2D eigenvalue weighted by Gasteiger charge is 2.26. The Morgan fingerprint density at radius 2 is 1.96 bits per heavy atom. The molecule has 1 heterocycles. The molecule has 0 aliphatic carbocycles. The van der Waals surface area contributed by atoms with Crippen LogP contribution in [0.25, 0.3) is 0 Å². The molecule has 2 aromatic rings. The van der Waals surface area contributed by atoms with E-state index in [9.17, 15) is 4.79 Å². The second-order valence-corrected chi connectivity index (χ2v) is 6.05. The summed E-state index contributed by atoms with van der Waals surface area (Å²) in [5.74, 6) is 0.459. The average molecular weight is 338 g/mol. The number of carbonyl (C=O) groups is 1. The minimum Gasteiger partial charge on any atom is -0.491 e. The van der Waals surface area contributed by atoms with Gasteiger partial charge in [-0.25, -0.2) is 0 Å². The Labute approximate surface area is 147 Å². The number of carbonyl (C=O) groups excluding carboxylic acids is 1. The van der Waals surface area contributed by atoms with Gasteiger partial charge in [-0.2, -0.15) is 0 Å². The standard InChI is InChI=1S/C20H22N2O3/c1-15-14-19(25-22-15)20(23)21-17-11-5-6-12-18(17)24-13-7-10-16-8-3-2-4-9-16/h2-6,8-9,11-12,19H,7,10,13-14H2,1H3,(H,21,23)/t19-/m1/s1. The molecule has 130 valence electrons. The number of ether oxygens (including phenoxy) is 1.